The largest absolute Gasteiger partial charge is 0.454 e. The van der Waals surface area contributed by atoms with Gasteiger partial charge in [0.15, 0.2) is 17.3 Å². The summed E-state index contributed by atoms with van der Waals surface area (Å²) in [4.78, 5) is 13.5. The number of benzene rings is 1. The summed E-state index contributed by atoms with van der Waals surface area (Å²) < 4.78 is 21.6. The molecule has 31 heavy (non-hydrogen) atoms. The van der Waals surface area contributed by atoms with Crippen molar-refractivity contribution in [2.24, 2.45) is 0 Å². The highest BCUT2D eigenvalue weighted by atomic mass is 32.1. The quantitative estimate of drug-likeness (QED) is 0.620. The summed E-state index contributed by atoms with van der Waals surface area (Å²) in [5, 5.41) is 16.9. The van der Waals surface area contributed by atoms with Gasteiger partial charge in [-0.3, -0.25) is 4.79 Å². The van der Waals surface area contributed by atoms with E-state index in [4.69, 9.17) is 18.7 Å². The molecule has 2 aromatic heterocycles. The van der Waals surface area contributed by atoms with Gasteiger partial charge in [-0.25, -0.2) is 0 Å². The van der Waals surface area contributed by atoms with E-state index in [1.165, 1.54) is 16.2 Å². The van der Waals surface area contributed by atoms with Crippen molar-refractivity contribution in [3.8, 4) is 28.9 Å². The summed E-state index contributed by atoms with van der Waals surface area (Å²) in [7, 11) is 0. The first-order valence-corrected chi connectivity index (χ1v) is 10.8. The van der Waals surface area contributed by atoms with Crippen LogP contribution in [0.2, 0.25) is 0 Å². The van der Waals surface area contributed by atoms with Crippen LogP contribution in [0.15, 0.2) is 28.8 Å². The molecule has 2 aliphatic rings. The van der Waals surface area contributed by atoms with Crippen molar-refractivity contribution < 1.29 is 23.5 Å². The standard InChI is InChI=1S/C22H19N3O5S/c23-9-16-15-3-1-2-4-20(15)31-22(16)24-21(26)11-27-10-14-8-18(30-25-14)13-5-6-17-19(7-13)29-12-28-17/h5-8H,1-4,10-12H2,(H,24,26). The Labute approximate surface area is 182 Å². The lowest BCUT2D eigenvalue weighted by Gasteiger charge is -2.09. The molecule has 1 N–H and O–H groups in total. The Morgan fingerprint density at radius 1 is 1.23 bits per heavy atom. The molecule has 1 aliphatic heterocycles. The first-order chi connectivity index (χ1) is 15.2. The first-order valence-electron chi connectivity index (χ1n) is 9.99. The van der Waals surface area contributed by atoms with Gasteiger partial charge in [-0.2, -0.15) is 5.26 Å². The molecule has 0 saturated carbocycles. The fraction of sp³-hybridized carbons (Fsp3) is 0.318. The van der Waals surface area contributed by atoms with Crippen LogP contribution >= 0.6 is 11.3 Å². The Morgan fingerprint density at radius 3 is 3.00 bits per heavy atom. The Hall–Kier alpha value is -3.35. The maximum Gasteiger partial charge on any atom is 0.251 e. The molecule has 3 heterocycles. The van der Waals surface area contributed by atoms with Gasteiger partial charge >= 0.3 is 0 Å². The molecule has 8 nitrogen and oxygen atoms in total. The summed E-state index contributed by atoms with van der Waals surface area (Å²) in [6.07, 6.45) is 4.08. The number of carbonyl (C=O) groups excluding carboxylic acids is 1. The monoisotopic (exact) mass is 437 g/mol. The van der Waals surface area contributed by atoms with Crippen LogP contribution in [0.4, 0.5) is 5.00 Å². The SMILES string of the molecule is N#Cc1c(NC(=O)COCc2cc(-c3ccc4c(c3)OCO4)on2)sc2c1CCCC2. The summed E-state index contributed by atoms with van der Waals surface area (Å²) in [5.74, 6) is 1.64. The second kappa shape index (κ2) is 8.41. The Bertz CT molecular complexity index is 1180. The number of nitrogens with zero attached hydrogens (tertiary/aromatic N) is 2. The van der Waals surface area contributed by atoms with Crippen molar-refractivity contribution in [2.45, 2.75) is 32.3 Å². The van der Waals surface area contributed by atoms with Crippen LogP contribution < -0.4 is 14.8 Å². The van der Waals surface area contributed by atoms with Crippen LogP contribution in [-0.4, -0.2) is 24.5 Å². The number of hydrogen-bond acceptors (Lipinski definition) is 8. The Kier molecular flexibility index (Phi) is 5.32. The third-order valence-electron chi connectivity index (χ3n) is 5.24. The predicted octanol–water partition coefficient (Wildman–Crippen LogP) is 4.04. The second-order valence-corrected chi connectivity index (χ2v) is 8.42. The Balaban J connectivity index is 1.16. The van der Waals surface area contributed by atoms with E-state index in [0.29, 0.717) is 33.5 Å². The van der Waals surface area contributed by atoms with E-state index in [0.717, 1.165) is 36.8 Å². The summed E-state index contributed by atoms with van der Waals surface area (Å²) >= 11 is 1.50. The zero-order valence-electron chi connectivity index (χ0n) is 16.6. The zero-order valence-corrected chi connectivity index (χ0v) is 17.4. The van der Waals surface area contributed by atoms with E-state index in [-0.39, 0.29) is 25.9 Å². The van der Waals surface area contributed by atoms with Gasteiger partial charge in [-0.1, -0.05) is 5.16 Å². The fourth-order valence-electron chi connectivity index (χ4n) is 3.75. The van der Waals surface area contributed by atoms with Gasteiger partial charge in [0, 0.05) is 16.5 Å². The number of aryl methyl sites for hydroxylation is 1. The van der Waals surface area contributed by atoms with Crippen molar-refractivity contribution in [3.63, 3.8) is 0 Å². The molecule has 0 saturated heterocycles. The molecule has 1 aromatic carbocycles. The fourth-order valence-corrected chi connectivity index (χ4v) is 5.00. The van der Waals surface area contributed by atoms with Crippen LogP contribution in [-0.2, 0) is 29.0 Å². The van der Waals surface area contributed by atoms with Gasteiger partial charge in [0.05, 0.1) is 12.2 Å². The molecule has 0 unspecified atom stereocenters. The van der Waals surface area contributed by atoms with Crippen molar-refractivity contribution in [1.29, 1.82) is 5.26 Å². The number of fused-ring (bicyclic) bond motifs is 2. The minimum atomic E-state index is -0.297. The van der Waals surface area contributed by atoms with Crippen molar-refractivity contribution in [2.75, 3.05) is 18.7 Å². The lowest BCUT2D eigenvalue weighted by molar-refractivity contribution is -0.121. The maximum absolute atomic E-state index is 12.3. The molecule has 1 aliphatic carbocycles. The number of amides is 1. The molecule has 0 fully saturated rings. The lowest BCUT2D eigenvalue weighted by atomic mass is 9.96. The van der Waals surface area contributed by atoms with E-state index in [9.17, 15) is 10.1 Å². The molecule has 158 valence electrons. The molecular weight excluding hydrogens is 418 g/mol. The van der Waals surface area contributed by atoms with Crippen LogP contribution in [0.3, 0.4) is 0 Å². The van der Waals surface area contributed by atoms with Gasteiger partial charge in [-0.05, 0) is 49.4 Å². The van der Waals surface area contributed by atoms with E-state index in [1.54, 1.807) is 6.07 Å². The number of nitriles is 1. The number of thiophene rings is 1. The molecule has 9 heteroatoms. The molecule has 5 rings (SSSR count). The van der Waals surface area contributed by atoms with E-state index in [1.807, 2.05) is 18.2 Å². The minimum absolute atomic E-state index is 0.132. The molecule has 0 spiro atoms. The second-order valence-electron chi connectivity index (χ2n) is 7.32. The third kappa shape index (κ3) is 4.00. The highest BCUT2D eigenvalue weighted by molar-refractivity contribution is 7.16. The average molecular weight is 437 g/mol. The molecule has 1 amide bonds. The topological polar surface area (TPSA) is 107 Å². The van der Waals surface area contributed by atoms with Crippen LogP contribution in [0, 0.1) is 11.3 Å². The van der Waals surface area contributed by atoms with Crippen LogP contribution in [0.5, 0.6) is 11.5 Å². The van der Waals surface area contributed by atoms with Gasteiger partial charge < -0.3 is 24.1 Å². The smallest absolute Gasteiger partial charge is 0.251 e. The molecule has 0 radical (unpaired) electrons. The summed E-state index contributed by atoms with van der Waals surface area (Å²) in [6, 6.07) is 9.51. The van der Waals surface area contributed by atoms with Gasteiger partial charge in [-0.15, -0.1) is 11.3 Å². The number of ether oxygens (including phenoxy) is 3. The number of aromatic nitrogens is 1. The average Bonchev–Trinajstić information content (AvgIpc) is 3.51. The van der Waals surface area contributed by atoms with Crippen LogP contribution in [0.1, 0.15) is 34.5 Å². The number of anilines is 1. The highest BCUT2D eigenvalue weighted by Gasteiger charge is 2.22. The summed E-state index contributed by atoms with van der Waals surface area (Å²) in [5.41, 5.74) is 3.07. The number of rotatable bonds is 6. The summed E-state index contributed by atoms with van der Waals surface area (Å²) in [6.45, 7) is 0.202. The normalized spacial score (nSPS) is 14.2. The first kappa shape index (κ1) is 19.6. The van der Waals surface area contributed by atoms with Gasteiger partial charge in [0.2, 0.25) is 6.79 Å². The van der Waals surface area contributed by atoms with Gasteiger partial charge in [0.1, 0.15) is 23.4 Å². The van der Waals surface area contributed by atoms with E-state index in [2.05, 4.69) is 16.5 Å². The van der Waals surface area contributed by atoms with Gasteiger partial charge in [0.25, 0.3) is 5.91 Å². The lowest BCUT2D eigenvalue weighted by Crippen LogP contribution is -2.18. The predicted molar refractivity (Wildman–Crippen MR) is 112 cm³/mol. The zero-order chi connectivity index (χ0) is 21.2. The van der Waals surface area contributed by atoms with E-state index >= 15 is 0 Å². The third-order valence-corrected chi connectivity index (χ3v) is 6.44. The minimum Gasteiger partial charge on any atom is -0.454 e. The molecule has 0 atom stereocenters. The van der Waals surface area contributed by atoms with Crippen molar-refractivity contribution in [3.05, 3.63) is 46.0 Å². The highest BCUT2D eigenvalue weighted by Crippen LogP contribution is 2.38. The number of nitrogens with one attached hydrogen (secondary N) is 1. The van der Waals surface area contributed by atoms with E-state index < -0.39 is 0 Å². The molecule has 0 bridgehead atoms. The van der Waals surface area contributed by atoms with Crippen molar-refractivity contribution in [1.82, 2.24) is 5.16 Å². The maximum atomic E-state index is 12.3. The molecular formula is C22H19N3O5S. The number of carbonyl (C=O) groups is 1. The van der Waals surface area contributed by atoms with Crippen molar-refractivity contribution >= 4 is 22.2 Å². The number of hydrogen-bond donors (Lipinski definition) is 1. The van der Waals surface area contributed by atoms with Crippen LogP contribution in [0.25, 0.3) is 11.3 Å². The molecule has 3 aromatic rings. The Morgan fingerprint density at radius 2 is 2.10 bits per heavy atom.